The first-order chi connectivity index (χ1) is 7.85. The van der Waals surface area contributed by atoms with E-state index in [-0.39, 0.29) is 0 Å². The summed E-state index contributed by atoms with van der Waals surface area (Å²) < 4.78 is 5.13. The van der Waals surface area contributed by atoms with Gasteiger partial charge in [0.05, 0.1) is 18.3 Å². The Bertz CT molecular complexity index is 450. The molecule has 0 fully saturated rings. The molecule has 2 N–H and O–H groups in total. The van der Waals surface area contributed by atoms with Crippen LogP contribution in [-0.4, -0.2) is 18.6 Å². The van der Waals surface area contributed by atoms with Gasteiger partial charge in [0.25, 0.3) is 0 Å². The van der Waals surface area contributed by atoms with Gasteiger partial charge in [0.15, 0.2) is 0 Å². The second-order valence-corrected chi connectivity index (χ2v) is 4.33. The molecule has 3 nitrogen and oxygen atoms in total. The van der Waals surface area contributed by atoms with Crippen LogP contribution in [0.25, 0.3) is 11.3 Å². The molecular weight excluding hydrogens is 220 g/mol. The van der Waals surface area contributed by atoms with Gasteiger partial charge in [-0.25, -0.2) is 4.98 Å². The molecule has 0 saturated heterocycles. The average molecular weight is 234 g/mol. The lowest BCUT2D eigenvalue weighted by Crippen LogP contribution is -2.02. The Morgan fingerprint density at radius 3 is 2.69 bits per heavy atom. The second kappa shape index (κ2) is 5.09. The fourth-order valence-electron chi connectivity index (χ4n) is 1.56. The van der Waals surface area contributed by atoms with Crippen LogP contribution in [0.4, 0.5) is 0 Å². The van der Waals surface area contributed by atoms with Gasteiger partial charge in [0, 0.05) is 10.4 Å². The zero-order chi connectivity index (χ0) is 11.4. The summed E-state index contributed by atoms with van der Waals surface area (Å²) in [4.78, 5) is 5.63. The van der Waals surface area contributed by atoms with Crippen molar-refractivity contribution in [2.75, 3.05) is 13.7 Å². The SMILES string of the molecule is COc1ccc(-c2ncsc2CCN)cc1. The molecule has 2 rings (SSSR count). The van der Waals surface area contributed by atoms with E-state index in [9.17, 15) is 0 Å². The van der Waals surface area contributed by atoms with Gasteiger partial charge in [-0.3, -0.25) is 0 Å². The Hall–Kier alpha value is -1.39. The van der Waals surface area contributed by atoms with Crippen molar-refractivity contribution >= 4 is 11.3 Å². The molecule has 0 unspecified atom stereocenters. The molecule has 0 aliphatic heterocycles. The van der Waals surface area contributed by atoms with Crippen LogP contribution in [0.1, 0.15) is 4.88 Å². The van der Waals surface area contributed by atoms with Crippen molar-refractivity contribution in [2.24, 2.45) is 5.73 Å². The monoisotopic (exact) mass is 234 g/mol. The largest absolute Gasteiger partial charge is 0.497 e. The molecule has 0 spiro atoms. The standard InChI is InChI=1S/C12H14N2OS/c1-15-10-4-2-9(3-5-10)12-11(6-7-13)16-8-14-12/h2-5,8H,6-7,13H2,1H3. The summed E-state index contributed by atoms with van der Waals surface area (Å²) in [5.41, 5.74) is 9.59. The number of nitrogens with two attached hydrogens (primary N) is 1. The molecule has 0 atom stereocenters. The van der Waals surface area contributed by atoms with Crippen molar-refractivity contribution in [1.82, 2.24) is 4.98 Å². The van der Waals surface area contributed by atoms with E-state index in [4.69, 9.17) is 10.5 Å². The molecular formula is C12H14N2OS. The molecule has 0 bridgehead atoms. The topological polar surface area (TPSA) is 48.1 Å². The van der Waals surface area contributed by atoms with E-state index in [1.807, 2.05) is 29.8 Å². The lowest BCUT2D eigenvalue weighted by molar-refractivity contribution is 0.415. The third kappa shape index (κ3) is 2.23. The van der Waals surface area contributed by atoms with E-state index in [0.717, 1.165) is 23.4 Å². The third-order valence-corrected chi connectivity index (χ3v) is 3.27. The van der Waals surface area contributed by atoms with Crippen LogP contribution >= 0.6 is 11.3 Å². The Balaban J connectivity index is 2.31. The molecule has 1 heterocycles. The first-order valence-electron chi connectivity index (χ1n) is 5.12. The second-order valence-electron chi connectivity index (χ2n) is 3.39. The van der Waals surface area contributed by atoms with Gasteiger partial charge in [-0.2, -0.15) is 0 Å². The Labute approximate surface area is 98.9 Å². The molecule has 4 heteroatoms. The van der Waals surface area contributed by atoms with Crippen molar-refractivity contribution in [3.8, 4) is 17.0 Å². The van der Waals surface area contributed by atoms with Crippen LogP contribution in [-0.2, 0) is 6.42 Å². The number of benzene rings is 1. The summed E-state index contributed by atoms with van der Waals surface area (Å²) in [5.74, 6) is 0.861. The predicted octanol–water partition coefficient (Wildman–Crippen LogP) is 2.32. The summed E-state index contributed by atoms with van der Waals surface area (Å²) in [7, 11) is 1.66. The highest BCUT2D eigenvalue weighted by Gasteiger charge is 2.07. The Kier molecular flexibility index (Phi) is 3.54. The van der Waals surface area contributed by atoms with E-state index >= 15 is 0 Å². The van der Waals surface area contributed by atoms with Crippen LogP contribution in [0, 0.1) is 0 Å². The molecule has 84 valence electrons. The lowest BCUT2D eigenvalue weighted by Gasteiger charge is -2.03. The van der Waals surface area contributed by atoms with E-state index < -0.39 is 0 Å². The van der Waals surface area contributed by atoms with Crippen LogP contribution in [0.5, 0.6) is 5.75 Å². The predicted molar refractivity (Wildman–Crippen MR) is 66.9 cm³/mol. The minimum atomic E-state index is 0.658. The normalized spacial score (nSPS) is 10.4. The minimum absolute atomic E-state index is 0.658. The quantitative estimate of drug-likeness (QED) is 0.883. The average Bonchev–Trinajstić information content (AvgIpc) is 2.78. The number of thiazole rings is 1. The molecule has 0 amide bonds. The summed E-state index contributed by atoms with van der Waals surface area (Å²) in [5, 5.41) is 0. The maximum Gasteiger partial charge on any atom is 0.118 e. The van der Waals surface area contributed by atoms with Crippen LogP contribution in [0.15, 0.2) is 29.8 Å². The van der Waals surface area contributed by atoms with Crippen molar-refractivity contribution in [1.29, 1.82) is 0 Å². The molecule has 1 aromatic carbocycles. The number of hydrogen-bond donors (Lipinski definition) is 1. The van der Waals surface area contributed by atoms with Crippen molar-refractivity contribution in [2.45, 2.75) is 6.42 Å². The van der Waals surface area contributed by atoms with Crippen molar-refractivity contribution in [3.05, 3.63) is 34.7 Å². The fourth-order valence-corrected chi connectivity index (χ4v) is 2.37. The molecule has 0 radical (unpaired) electrons. The van der Waals surface area contributed by atoms with E-state index in [2.05, 4.69) is 4.98 Å². The van der Waals surface area contributed by atoms with Gasteiger partial charge in [-0.1, -0.05) is 0 Å². The summed E-state index contributed by atoms with van der Waals surface area (Å²) >= 11 is 1.66. The van der Waals surface area contributed by atoms with E-state index in [0.29, 0.717) is 6.54 Å². The Morgan fingerprint density at radius 2 is 2.06 bits per heavy atom. The molecule has 0 saturated carbocycles. The number of hydrogen-bond acceptors (Lipinski definition) is 4. The highest BCUT2D eigenvalue weighted by atomic mass is 32.1. The minimum Gasteiger partial charge on any atom is -0.497 e. The highest BCUT2D eigenvalue weighted by molar-refractivity contribution is 7.10. The molecule has 0 aliphatic carbocycles. The Morgan fingerprint density at radius 1 is 1.31 bits per heavy atom. The highest BCUT2D eigenvalue weighted by Crippen LogP contribution is 2.27. The summed E-state index contributed by atoms with van der Waals surface area (Å²) in [6.45, 7) is 0.658. The molecule has 2 aromatic rings. The van der Waals surface area contributed by atoms with Crippen LogP contribution in [0.3, 0.4) is 0 Å². The molecule has 16 heavy (non-hydrogen) atoms. The van der Waals surface area contributed by atoms with Gasteiger partial charge >= 0.3 is 0 Å². The van der Waals surface area contributed by atoms with Gasteiger partial charge < -0.3 is 10.5 Å². The van der Waals surface area contributed by atoms with Crippen molar-refractivity contribution in [3.63, 3.8) is 0 Å². The molecule has 0 aliphatic rings. The third-order valence-electron chi connectivity index (χ3n) is 2.38. The zero-order valence-electron chi connectivity index (χ0n) is 9.14. The number of nitrogens with zero attached hydrogens (tertiary/aromatic N) is 1. The van der Waals surface area contributed by atoms with E-state index in [1.54, 1.807) is 18.4 Å². The summed E-state index contributed by atoms with van der Waals surface area (Å²) in [6.07, 6.45) is 0.881. The van der Waals surface area contributed by atoms with Gasteiger partial charge in [-0.15, -0.1) is 11.3 Å². The number of aromatic nitrogens is 1. The number of rotatable bonds is 4. The van der Waals surface area contributed by atoms with Crippen molar-refractivity contribution < 1.29 is 4.74 Å². The van der Waals surface area contributed by atoms with E-state index in [1.165, 1.54) is 4.88 Å². The zero-order valence-corrected chi connectivity index (χ0v) is 9.96. The maximum absolute atomic E-state index is 5.57. The van der Waals surface area contributed by atoms with Gasteiger partial charge in [0.1, 0.15) is 5.75 Å². The first-order valence-corrected chi connectivity index (χ1v) is 6.00. The van der Waals surface area contributed by atoms with Gasteiger partial charge in [-0.05, 0) is 37.2 Å². The number of methoxy groups -OCH3 is 1. The first kappa shape index (κ1) is 11.1. The fraction of sp³-hybridized carbons (Fsp3) is 0.250. The smallest absolute Gasteiger partial charge is 0.118 e. The maximum atomic E-state index is 5.57. The summed E-state index contributed by atoms with van der Waals surface area (Å²) in [6, 6.07) is 7.93. The number of ether oxygens (including phenoxy) is 1. The van der Waals surface area contributed by atoms with Gasteiger partial charge in [0.2, 0.25) is 0 Å². The lowest BCUT2D eigenvalue weighted by atomic mass is 10.1. The molecule has 1 aromatic heterocycles. The van der Waals surface area contributed by atoms with Crippen LogP contribution in [0.2, 0.25) is 0 Å². The van der Waals surface area contributed by atoms with Crippen LogP contribution < -0.4 is 10.5 Å².